The average molecular weight is 290 g/mol. The number of rotatable bonds is 3. The molecular weight excluding hydrogens is 274 g/mol. The van der Waals surface area contributed by atoms with Crippen molar-refractivity contribution in [3.8, 4) is 0 Å². The van der Waals surface area contributed by atoms with Crippen LogP contribution in [0.4, 0.5) is 0 Å². The minimum atomic E-state index is 0.228. The van der Waals surface area contributed by atoms with E-state index >= 15 is 0 Å². The van der Waals surface area contributed by atoms with E-state index in [4.69, 9.17) is 0 Å². The third-order valence-corrected chi connectivity index (χ3v) is 3.73. The number of hydrogen-bond acceptors (Lipinski definition) is 1. The summed E-state index contributed by atoms with van der Waals surface area (Å²) in [6.07, 6.45) is 0. The lowest BCUT2D eigenvalue weighted by Crippen LogP contribution is -2.19. The van der Waals surface area contributed by atoms with Crippen LogP contribution in [0.5, 0.6) is 0 Å². The predicted octanol–water partition coefficient (Wildman–Crippen LogP) is 4.07. The summed E-state index contributed by atoms with van der Waals surface area (Å²) in [7, 11) is 2.00. The number of nitrogens with one attached hydrogen (secondary N) is 1. The normalized spacial score (nSPS) is 12.4. The monoisotopic (exact) mass is 289 g/mol. The van der Waals surface area contributed by atoms with E-state index in [0.717, 1.165) is 4.47 Å². The van der Waals surface area contributed by atoms with Crippen LogP contribution in [0, 0.1) is 6.92 Å². The summed E-state index contributed by atoms with van der Waals surface area (Å²) in [4.78, 5) is 0. The third-order valence-electron chi connectivity index (χ3n) is 3.00. The Hall–Kier alpha value is -1.12. The molecule has 0 radical (unpaired) electrons. The molecule has 0 saturated carbocycles. The van der Waals surface area contributed by atoms with Crippen LogP contribution < -0.4 is 5.32 Å². The van der Waals surface area contributed by atoms with Crippen molar-refractivity contribution < 1.29 is 0 Å². The molecule has 2 aromatic carbocycles. The second kappa shape index (κ2) is 5.48. The quantitative estimate of drug-likeness (QED) is 0.898. The van der Waals surface area contributed by atoms with E-state index in [1.807, 2.05) is 13.1 Å². The Bertz CT molecular complexity index is 462. The molecule has 0 bridgehead atoms. The lowest BCUT2D eigenvalue weighted by molar-refractivity contribution is 0.685. The summed E-state index contributed by atoms with van der Waals surface area (Å²) < 4.78 is 1.14. The number of aryl methyl sites for hydroxylation is 1. The van der Waals surface area contributed by atoms with Crippen molar-refractivity contribution >= 4 is 15.9 Å². The van der Waals surface area contributed by atoms with Gasteiger partial charge in [-0.2, -0.15) is 0 Å². The van der Waals surface area contributed by atoms with Crippen LogP contribution in [-0.4, -0.2) is 7.05 Å². The van der Waals surface area contributed by atoms with Crippen molar-refractivity contribution in [2.45, 2.75) is 13.0 Å². The smallest absolute Gasteiger partial charge is 0.0588 e. The first kappa shape index (κ1) is 12.3. The Morgan fingerprint density at radius 1 is 0.941 bits per heavy atom. The van der Waals surface area contributed by atoms with E-state index in [-0.39, 0.29) is 6.04 Å². The zero-order chi connectivity index (χ0) is 12.3. The first-order valence-electron chi connectivity index (χ1n) is 5.71. The van der Waals surface area contributed by atoms with Crippen molar-refractivity contribution in [1.29, 1.82) is 0 Å². The van der Waals surface area contributed by atoms with Crippen molar-refractivity contribution in [2.24, 2.45) is 0 Å². The number of hydrogen-bond donors (Lipinski definition) is 1. The molecule has 0 amide bonds. The van der Waals surface area contributed by atoms with Crippen LogP contribution >= 0.6 is 15.9 Å². The highest BCUT2D eigenvalue weighted by atomic mass is 79.9. The van der Waals surface area contributed by atoms with Gasteiger partial charge in [-0.3, -0.25) is 0 Å². The minimum Gasteiger partial charge on any atom is -0.309 e. The molecule has 2 heteroatoms. The standard InChI is InChI=1S/C15H16BrN/c1-11-7-3-4-8-12(11)15(17-2)13-9-5-6-10-14(13)16/h3-10,15,17H,1-2H3. The lowest BCUT2D eigenvalue weighted by atomic mass is 9.95. The van der Waals surface area contributed by atoms with Gasteiger partial charge in [0, 0.05) is 4.47 Å². The van der Waals surface area contributed by atoms with E-state index in [1.54, 1.807) is 0 Å². The van der Waals surface area contributed by atoms with Crippen molar-refractivity contribution in [1.82, 2.24) is 5.32 Å². The van der Waals surface area contributed by atoms with Crippen LogP contribution in [0.15, 0.2) is 53.0 Å². The van der Waals surface area contributed by atoms with Gasteiger partial charge in [-0.1, -0.05) is 58.4 Å². The highest BCUT2D eigenvalue weighted by Crippen LogP contribution is 2.29. The molecule has 1 unspecified atom stereocenters. The molecular formula is C15H16BrN. The van der Waals surface area contributed by atoms with Gasteiger partial charge >= 0.3 is 0 Å². The van der Waals surface area contributed by atoms with E-state index in [1.165, 1.54) is 16.7 Å². The fourth-order valence-electron chi connectivity index (χ4n) is 2.10. The van der Waals surface area contributed by atoms with Gasteiger partial charge in [0.15, 0.2) is 0 Å². The summed E-state index contributed by atoms with van der Waals surface area (Å²) >= 11 is 3.62. The first-order chi connectivity index (χ1) is 8.24. The van der Waals surface area contributed by atoms with Crippen molar-refractivity contribution in [3.63, 3.8) is 0 Å². The summed E-state index contributed by atoms with van der Waals surface area (Å²) in [5.74, 6) is 0. The van der Waals surface area contributed by atoms with Gasteiger partial charge in [0.05, 0.1) is 6.04 Å². The summed E-state index contributed by atoms with van der Waals surface area (Å²) in [5.41, 5.74) is 3.90. The van der Waals surface area contributed by atoms with E-state index < -0.39 is 0 Å². The highest BCUT2D eigenvalue weighted by molar-refractivity contribution is 9.10. The number of benzene rings is 2. The predicted molar refractivity (Wildman–Crippen MR) is 76.2 cm³/mol. The van der Waals surface area contributed by atoms with Gasteiger partial charge < -0.3 is 5.32 Å². The average Bonchev–Trinajstić information content (AvgIpc) is 2.34. The second-order valence-corrected chi connectivity index (χ2v) is 4.95. The topological polar surface area (TPSA) is 12.0 Å². The molecule has 0 fully saturated rings. The van der Waals surface area contributed by atoms with Crippen LogP contribution in [0.2, 0.25) is 0 Å². The molecule has 0 saturated heterocycles. The molecule has 0 aliphatic heterocycles. The van der Waals surface area contributed by atoms with E-state index in [2.05, 4.69) is 70.6 Å². The van der Waals surface area contributed by atoms with Crippen molar-refractivity contribution in [2.75, 3.05) is 7.05 Å². The fourth-order valence-corrected chi connectivity index (χ4v) is 2.61. The van der Waals surface area contributed by atoms with E-state index in [0.29, 0.717) is 0 Å². The molecule has 1 nitrogen and oxygen atoms in total. The Morgan fingerprint density at radius 2 is 1.53 bits per heavy atom. The van der Waals surface area contributed by atoms with Crippen LogP contribution in [0.3, 0.4) is 0 Å². The molecule has 2 rings (SSSR count). The molecule has 88 valence electrons. The van der Waals surface area contributed by atoms with Crippen molar-refractivity contribution in [3.05, 3.63) is 69.7 Å². The van der Waals surface area contributed by atoms with Gasteiger partial charge in [-0.05, 0) is 36.7 Å². The molecule has 2 aromatic rings. The Morgan fingerprint density at radius 3 is 2.12 bits per heavy atom. The molecule has 17 heavy (non-hydrogen) atoms. The maximum Gasteiger partial charge on any atom is 0.0588 e. The maximum absolute atomic E-state index is 3.62. The van der Waals surface area contributed by atoms with Crippen LogP contribution in [0.25, 0.3) is 0 Å². The molecule has 0 aromatic heterocycles. The van der Waals surface area contributed by atoms with Gasteiger partial charge in [0.2, 0.25) is 0 Å². The molecule has 0 spiro atoms. The van der Waals surface area contributed by atoms with Gasteiger partial charge in [-0.25, -0.2) is 0 Å². The van der Waals surface area contributed by atoms with Crippen LogP contribution in [0.1, 0.15) is 22.7 Å². The fraction of sp³-hybridized carbons (Fsp3) is 0.200. The zero-order valence-corrected chi connectivity index (χ0v) is 11.7. The second-order valence-electron chi connectivity index (χ2n) is 4.10. The molecule has 0 heterocycles. The minimum absolute atomic E-state index is 0.228. The summed E-state index contributed by atoms with van der Waals surface area (Å²) in [5, 5.41) is 3.39. The summed E-state index contributed by atoms with van der Waals surface area (Å²) in [6, 6.07) is 17.1. The SMILES string of the molecule is CNC(c1ccccc1C)c1ccccc1Br. The number of halogens is 1. The van der Waals surface area contributed by atoms with Gasteiger partial charge in [0.1, 0.15) is 0 Å². The Kier molecular flexibility index (Phi) is 3.97. The Labute approximate surface area is 111 Å². The van der Waals surface area contributed by atoms with Gasteiger partial charge in [0.25, 0.3) is 0 Å². The molecule has 1 atom stereocenters. The molecule has 1 N–H and O–H groups in total. The zero-order valence-electron chi connectivity index (χ0n) is 10.1. The molecule has 0 aliphatic carbocycles. The summed E-state index contributed by atoms with van der Waals surface area (Å²) in [6.45, 7) is 2.15. The highest BCUT2D eigenvalue weighted by Gasteiger charge is 2.15. The van der Waals surface area contributed by atoms with Gasteiger partial charge in [-0.15, -0.1) is 0 Å². The Balaban J connectivity index is 2.48. The third kappa shape index (κ3) is 2.59. The first-order valence-corrected chi connectivity index (χ1v) is 6.50. The van der Waals surface area contributed by atoms with E-state index in [9.17, 15) is 0 Å². The van der Waals surface area contributed by atoms with Crippen LogP contribution in [-0.2, 0) is 0 Å². The molecule has 0 aliphatic rings. The lowest BCUT2D eigenvalue weighted by Gasteiger charge is -2.20. The maximum atomic E-state index is 3.62. The largest absolute Gasteiger partial charge is 0.309 e.